The second-order valence-electron chi connectivity index (χ2n) is 6.62. The number of likely N-dealkylation sites (tertiary alicyclic amines) is 1. The first kappa shape index (κ1) is 17.1. The molecule has 0 saturated carbocycles. The van der Waals surface area contributed by atoms with E-state index in [4.69, 9.17) is 10.5 Å². The van der Waals surface area contributed by atoms with Gasteiger partial charge in [0.1, 0.15) is 11.4 Å². The van der Waals surface area contributed by atoms with Crippen molar-refractivity contribution in [2.75, 3.05) is 18.4 Å². The molecule has 0 radical (unpaired) electrons. The van der Waals surface area contributed by atoms with Gasteiger partial charge < -0.3 is 20.7 Å². The van der Waals surface area contributed by atoms with Crippen molar-refractivity contribution in [3.05, 3.63) is 29.6 Å². The third kappa shape index (κ3) is 4.58. The standard InChI is InChI=1S/C16H22FN3O3/c1-16(2,3)23-15(22)20-7-6-11(9-20)19-13-8-10(14(18)21)4-5-12(13)17/h4-5,8,11,19H,6-7,9H2,1-3H3,(H2,18,21). The highest BCUT2D eigenvalue weighted by atomic mass is 19.1. The van der Waals surface area contributed by atoms with Gasteiger partial charge in [-0.15, -0.1) is 0 Å². The minimum absolute atomic E-state index is 0.111. The number of carbonyl (C=O) groups is 2. The molecule has 1 aliphatic rings. The number of carbonyl (C=O) groups excluding carboxylic acids is 2. The molecular weight excluding hydrogens is 301 g/mol. The summed E-state index contributed by atoms with van der Waals surface area (Å²) in [6, 6.07) is 3.81. The molecule has 1 unspecified atom stereocenters. The third-order valence-corrected chi connectivity index (χ3v) is 3.45. The Morgan fingerprint density at radius 3 is 2.70 bits per heavy atom. The van der Waals surface area contributed by atoms with Gasteiger partial charge in [0.2, 0.25) is 5.91 Å². The van der Waals surface area contributed by atoms with E-state index in [0.717, 1.165) is 0 Å². The van der Waals surface area contributed by atoms with Crippen molar-refractivity contribution in [1.29, 1.82) is 0 Å². The van der Waals surface area contributed by atoms with E-state index in [0.29, 0.717) is 19.5 Å². The Bertz CT molecular complexity index is 613. The zero-order valence-corrected chi connectivity index (χ0v) is 13.6. The van der Waals surface area contributed by atoms with E-state index in [1.54, 1.807) is 25.7 Å². The summed E-state index contributed by atoms with van der Waals surface area (Å²) in [5.74, 6) is -1.08. The van der Waals surface area contributed by atoms with E-state index in [2.05, 4.69) is 5.32 Å². The number of primary amides is 1. The Morgan fingerprint density at radius 2 is 2.09 bits per heavy atom. The van der Waals surface area contributed by atoms with E-state index < -0.39 is 17.3 Å². The second kappa shape index (κ2) is 6.44. The summed E-state index contributed by atoms with van der Waals surface area (Å²) in [5, 5.41) is 3.02. The van der Waals surface area contributed by atoms with Crippen LogP contribution in [0.5, 0.6) is 0 Å². The molecule has 1 saturated heterocycles. The Balaban J connectivity index is 1.99. The Kier molecular flexibility index (Phi) is 4.77. The number of hydrogen-bond donors (Lipinski definition) is 2. The van der Waals surface area contributed by atoms with E-state index in [1.165, 1.54) is 18.2 Å². The molecule has 0 aromatic heterocycles. The highest BCUT2D eigenvalue weighted by Crippen LogP contribution is 2.21. The smallest absolute Gasteiger partial charge is 0.410 e. The number of rotatable bonds is 3. The molecule has 0 aliphatic carbocycles. The summed E-state index contributed by atoms with van der Waals surface area (Å²) < 4.78 is 19.2. The minimum Gasteiger partial charge on any atom is -0.444 e. The van der Waals surface area contributed by atoms with Gasteiger partial charge in [-0.25, -0.2) is 9.18 Å². The molecule has 2 amide bonds. The van der Waals surface area contributed by atoms with E-state index >= 15 is 0 Å². The molecule has 0 spiro atoms. The number of ether oxygens (including phenoxy) is 1. The van der Waals surface area contributed by atoms with Gasteiger partial charge in [-0.2, -0.15) is 0 Å². The zero-order valence-electron chi connectivity index (χ0n) is 13.6. The number of hydrogen-bond acceptors (Lipinski definition) is 4. The predicted molar refractivity (Wildman–Crippen MR) is 84.8 cm³/mol. The maximum Gasteiger partial charge on any atom is 0.410 e. The van der Waals surface area contributed by atoms with Crippen LogP contribution in [0.4, 0.5) is 14.9 Å². The van der Waals surface area contributed by atoms with Crippen molar-refractivity contribution in [2.24, 2.45) is 5.73 Å². The fraction of sp³-hybridized carbons (Fsp3) is 0.500. The monoisotopic (exact) mass is 323 g/mol. The molecule has 1 atom stereocenters. The normalized spacial score (nSPS) is 17.9. The summed E-state index contributed by atoms with van der Waals surface area (Å²) in [6.07, 6.45) is 0.285. The Hall–Kier alpha value is -2.31. The summed E-state index contributed by atoms with van der Waals surface area (Å²) in [4.78, 5) is 24.8. The van der Waals surface area contributed by atoms with Crippen LogP contribution in [0.15, 0.2) is 18.2 Å². The van der Waals surface area contributed by atoms with E-state index in [-0.39, 0.29) is 23.4 Å². The number of nitrogens with two attached hydrogens (primary N) is 1. The van der Waals surface area contributed by atoms with Gasteiger partial charge in [-0.1, -0.05) is 0 Å². The molecule has 1 aromatic rings. The number of nitrogens with one attached hydrogen (secondary N) is 1. The van der Waals surface area contributed by atoms with Gasteiger partial charge in [0.25, 0.3) is 0 Å². The quantitative estimate of drug-likeness (QED) is 0.894. The molecular formula is C16H22FN3O3. The van der Waals surface area contributed by atoms with Crippen molar-refractivity contribution in [3.63, 3.8) is 0 Å². The summed E-state index contributed by atoms with van der Waals surface area (Å²) in [7, 11) is 0. The molecule has 7 heteroatoms. The fourth-order valence-corrected chi connectivity index (χ4v) is 2.38. The van der Waals surface area contributed by atoms with Crippen LogP contribution in [0.25, 0.3) is 0 Å². The summed E-state index contributed by atoms with van der Waals surface area (Å²) >= 11 is 0. The molecule has 126 valence electrons. The van der Waals surface area contributed by atoms with Crippen LogP contribution < -0.4 is 11.1 Å². The average molecular weight is 323 g/mol. The molecule has 1 aliphatic heterocycles. The van der Waals surface area contributed by atoms with Crippen LogP contribution in [-0.4, -0.2) is 41.6 Å². The largest absolute Gasteiger partial charge is 0.444 e. The van der Waals surface area contributed by atoms with Crippen LogP contribution in [0.3, 0.4) is 0 Å². The summed E-state index contributed by atoms with van der Waals surface area (Å²) in [6.45, 7) is 6.36. The molecule has 2 rings (SSSR count). The Labute approximate surface area is 134 Å². The van der Waals surface area contributed by atoms with Crippen LogP contribution in [0.2, 0.25) is 0 Å². The van der Waals surface area contributed by atoms with Crippen LogP contribution >= 0.6 is 0 Å². The highest BCUT2D eigenvalue weighted by Gasteiger charge is 2.30. The molecule has 1 heterocycles. The zero-order chi connectivity index (χ0) is 17.2. The first-order valence-electron chi connectivity index (χ1n) is 7.49. The lowest BCUT2D eigenvalue weighted by Gasteiger charge is -2.24. The van der Waals surface area contributed by atoms with Crippen molar-refractivity contribution < 1.29 is 18.7 Å². The number of amides is 2. The van der Waals surface area contributed by atoms with Crippen LogP contribution in [0, 0.1) is 5.82 Å². The van der Waals surface area contributed by atoms with Crippen molar-refractivity contribution in [3.8, 4) is 0 Å². The second-order valence-corrected chi connectivity index (χ2v) is 6.62. The van der Waals surface area contributed by atoms with Crippen molar-refractivity contribution >= 4 is 17.7 Å². The molecule has 1 aromatic carbocycles. The first-order chi connectivity index (χ1) is 10.7. The maximum absolute atomic E-state index is 13.8. The SMILES string of the molecule is CC(C)(C)OC(=O)N1CCC(Nc2cc(C(N)=O)ccc2F)C1. The first-order valence-corrected chi connectivity index (χ1v) is 7.49. The fourth-order valence-electron chi connectivity index (χ4n) is 2.38. The molecule has 3 N–H and O–H groups in total. The number of anilines is 1. The molecule has 1 fully saturated rings. The number of benzene rings is 1. The Morgan fingerprint density at radius 1 is 1.39 bits per heavy atom. The van der Waals surface area contributed by atoms with Gasteiger partial charge in [-0.05, 0) is 45.4 Å². The average Bonchev–Trinajstić information content (AvgIpc) is 2.88. The van der Waals surface area contributed by atoms with E-state index in [1.807, 2.05) is 0 Å². The van der Waals surface area contributed by atoms with Crippen molar-refractivity contribution in [2.45, 2.75) is 38.8 Å². The van der Waals surface area contributed by atoms with Gasteiger partial charge in [0.15, 0.2) is 0 Å². The maximum atomic E-state index is 13.8. The van der Waals surface area contributed by atoms with Gasteiger partial charge in [-0.3, -0.25) is 4.79 Å². The molecule has 23 heavy (non-hydrogen) atoms. The van der Waals surface area contributed by atoms with Crippen LogP contribution in [0.1, 0.15) is 37.6 Å². The van der Waals surface area contributed by atoms with E-state index in [9.17, 15) is 14.0 Å². The lowest BCUT2D eigenvalue weighted by molar-refractivity contribution is 0.0293. The third-order valence-electron chi connectivity index (χ3n) is 3.45. The highest BCUT2D eigenvalue weighted by molar-refractivity contribution is 5.93. The lowest BCUT2D eigenvalue weighted by Crippen LogP contribution is -2.36. The number of halogens is 1. The number of nitrogens with zero attached hydrogens (tertiary/aromatic N) is 1. The van der Waals surface area contributed by atoms with Crippen molar-refractivity contribution in [1.82, 2.24) is 4.90 Å². The van der Waals surface area contributed by atoms with Crippen LogP contribution in [-0.2, 0) is 4.74 Å². The molecule has 0 bridgehead atoms. The van der Waals surface area contributed by atoms with Gasteiger partial charge in [0.05, 0.1) is 5.69 Å². The van der Waals surface area contributed by atoms with Gasteiger partial charge >= 0.3 is 6.09 Å². The lowest BCUT2D eigenvalue weighted by atomic mass is 10.1. The molecule has 6 nitrogen and oxygen atoms in total. The minimum atomic E-state index is -0.616. The summed E-state index contributed by atoms with van der Waals surface area (Å²) in [5.41, 5.74) is 5.09. The predicted octanol–water partition coefficient (Wildman–Crippen LogP) is 2.35. The topological polar surface area (TPSA) is 84.7 Å². The van der Waals surface area contributed by atoms with Gasteiger partial charge in [0, 0.05) is 24.7 Å².